The van der Waals surface area contributed by atoms with Crippen LogP contribution in [0, 0.1) is 11.8 Å². The lowest BCUT2D eigenvalue weighted by Crippen LogP contribution is -1.99. The van der Waals surface area contributed by atoms with Crippen molar-refractivity contribution >= 4 is 21.7 Å². The average Bonchev–Trinajstić information content (AvgIpc) is 2.18. The van der Waals surface area contributed by atoms with Crippen LogP contribution in [-0.4, -0.2) is 10.8 Å². The Hall–Kier alpha value is -1.14. The Balaban J connectivity index is 2.68. The molecule has 0 bridgehead atoms. The third-order valence-corrected chi connectivity index (χ3v) is 2.36. The molecule has 1 aromatic rings. The SMILES string of the molecule is CC#CCCC(=O)c1ccncc1Br. The lowest BCUT2D eigenvalue weighted by molar-refractivity contribution is 0.0983. The zero-order valence-electron chi connectivity index (χ0n) is 7.88. The molecule has 0 fully saturated rings. The molecular formula is C11H10BrNO. The average molecular weight is 252 g/mol. The fourth-order valence-corrected chi connectivity index (χ4v) is 1.51. The van der Waals surface area contributed by atoms with Crippen LogP contribution in [0.2, 0.25) is 0 Å². The van der Waals surface area contributed by atoms with Crippen molar-refractivity contribution in [2.24, 2.45) is 0 Å². The molecule has 1 rings (SSSR count). The third-order valence-electron chi connectivity index (χ3n) is 1.73. The van der Waals surface area contributed by atoms with Crippen LogP contribution < -0.4 is 0 Å². The summed E-state index contributed by atoms with van der Waals surface area (Å²) in [4.78, 5) is 15.5. The molecule has 1 aromatic heterocycles. The smallest absolute Gasteiger partial charge is 0.165 e. The summed E-state index contributed by atoms with van der Waals surface area (Å²) in [7, 11) is 0. The van der Waals surface area contributed by atoms with Crippen LogP contribution in [0.4, 0.5) is 0 Å². The number of halogens is 1. The van der Waals surface area contributed by atoms with E-state index < -0.39 is 0 Å². The van der Waals surface area contributed by atoms with Crippen molar-refractivity contribution in [3.63, 3.8) is 0 Å². The van der Waals surface area contributed by atoms with Crippen molar-refractivity contribution in [2.75, 3.05) is 0 Å². The number of ketones is 1. The van der Waals surface area contributed by atoms with Crippen LogP contribution in [0.25, 0.3) is 0 Å². The number of aromatic nitrogens is 1. The second kappa shape index (κ2) is 5.56. The molecule has 72 valence electrons. The van der Waals surface area contributed by atoms with Gasteiger partial charge in [-0.1, -0.05) is 0 Å². The number of nitrogens with zero attached hydrogens (tertiary/aromatic N) is 1. The molecule has 0 saturated heterocycles. The third kappa shape index (κ3) is 2.97. The first-order valence-electron chi connectivity index (χ1n) is 4.28. The molecular weight excluding hydrogens is 242 g/mol. The molecule has 0 aromatic carbocycles. The number of carbonyl (C=O) groups excluding carboxylic acids is 1. The highest BCUT2D eigenvalue weighted by atomic mass is 79.9. The number of hydrogen-bond acceptors (Lipinski definition) is 2. The lowest BCUT2D eigenvalue weighted by atomic mass is 10.1. The van der Waals surface area contributed by atoms with Crippen molar-refractivity contribution in [1.29, 1.82) is 0 Å². The Morgan fingerprint density at radius 1 is 1.64 bits per heavy atom. The molecule has 1 heterocycles. The van der Waals surface area contributed by atoms with Crippen molar-refractivity contribution in [3.05, 3.63) is 28.5 Å². The van der Waals surface area contributed by atoms with Gasteiger partial charge in [-0.25, -0.2) is 0 Å². The molecule has 0 spiro atoms. The fraction of sp³-hybridized carbons (Fsp3) is 0.273. The number of Topliss-reactive ketones (excluding diaryl/α,β-unsaturated/α-hetero) is 1. The van der Waals surface area contributed by atoms with E-state index in [9.17, 15) is 4.79 Å². The van der Waals surface area contributed by atoms with Crippen LogP contribution in [-0.2, 0) is 0 Å². The van der Waals surface area contributed by atoms with Crippen molar-refractivity contribution in [2.45, 2.75) is 19.8 Å². The summed E-state index contributed by atoms with van der Waals surface area (Å²) in [5.41, 5.74) is 0.679. The summed E-state index contributed by atoms with van der Waals surface area (Å²) in [5.74, 6) is 5.73. The van der Waals surface area contributed by atoms with E-state index in [1.807, 2.05) is 0 Å². The molecule has 3 heteroatoms. The quantitative estimate of drug-likeness (QED) is 0.611. The number of rotatable bonds is 3. The predicted molar refractivity (Wildman–Crippen MR) is 59.0 cm³/mol. The van der Waals surface area contributed by atoms with E-state index in [4.69, 9.17) is 0 Å². The van der Waals surface area contributed by atoms with Gasteiger partial charge in [0.2, 0.25) is 0 Å². The Morgan fingerprint density at radius 2 is 2.43 bits per heavy atom. The van der Waals surface area contributed by atoms with Gasteiger partial charge in [-0.3, -0.25) is 9.78 Å². The maximum atomic E-state index is 11.6. The number of hydrogen-bond donors (Lipinski definition) is 0. The maximum Gasteiger partial charge on any atom is 0.165 e. The molecule has 0 aliphatic rings. The number of carbonyl (C=O) groups is 1. The molecule has 0 unspecified atom stereocenters. The minimum absolute atomic E-state index is 0.0991. The molecule has 0 atom stereocenters. The Labute approximate surface area is 91.9 Å². The normalized spacial score (nSPS) is 9.00. The topological polar surface area (TPSA) is 30.0 Å². The van der Waals surface area contributed by atoms with Gasteiger partial charge in [0.25, 0.3) is 0 Å². The molecule has 0 N–H and O–H groups in total. The van der Waals surface area contributed by atoms with Crippen LogP contribution >= 0.6 is 15.9 Å². The largest absolute Gasteiger partial charge is 0.294 e. The zero-order chi connectivity index (χ0) is 10.4. The second-order valence-electron chi connectivity index (χ2n) is 2.71. The van der Waals surface area contributed by atoms with Gasteiger partial charge in [0, 0.05) is 35.3 Å². The van der Waals surface area contributed by atoms with E-state index in [-0.39, 0.29) is 5.78 Å². The molecule has 0 aliphatic carbocycles. The monoisotopic (exact) mass is 251 g/mol. The van der Waals surface area contributed by atoms with Crippen LogP contribution in [0.15, 0.2) is 22.9 Å². The minimum atomic E-state index is 0.0991. The number of pyridine rings is 1. The minimum Gasteiger partial charge on any atom is -0.294 e. The van der Waals surface area contributed by atoms with E-state index >= 15 is 0 Å². The van der Waals surface area contributed by atoms with Crippen molar-refractivity contribution < 1.29 is 4.79 Å². The van der Waals surface area contributed by atoms with E-state index in [1.165, 1.54) is 0 Å². The Bertz CT molecular complexity index is 390. The highest BCUT2D eigenvalue weighted by Crippen LogP contribution is 2.16. The van der Waals surface area contributed by atoms with E-state index in [1.54, 1.807) is 25.4 Å². The van der Waals surface area contributed by atoms with Crippen molar-refractivity contribution in [1.82, 2.24) is 4.98 Å². The molecule has 14 heavy (non-hydrogen) atoms. The lowest BCUT2D eigenvalue weighted by Gasteiger charge is -2.00. The fourth-order valence-electron chi connectivity index (χ4n) is 1.04. The molecule has 2 nitrogen and oxygen atoms in total. The summed E-state index contributed by atoms with van der Waals surface area (Å²) in [6.45, 7) is 1.77. The molecule has 0 radical (unpaired) electrons. The first-order valence-corrected chi connectivity index (χ1v) is 5.07. The van der Waals surface area contributed by atoms with Crippen LogP contribution in [0.3, 0.4) is 0 Å². The van der Waals surface area contributed by atoms with Crippen LogP contribution in [0.5, 0.6) is 0 Å². The second-order valence-corrected chi connectivity index (χ2v) is 3.56. The standard InChI is InChI=1S/C11H10BrNO/c1-2-3-4-5-11(14)9-6-7-13-8-10(9)12/h6-8H,4-5H2,1H3. The van der Waals surface area contributed by atoms with Crippen molar-refractivity contribution in [3.8, 4) is 11.8 Å². The van der Waals surface area contributed by atoms with Gasteiger partial charge in [-0.15, -0.1) is 11.8 Å². The summed E-state index contributed by atoms with van der Waals surface area (Å²) in [6, 6.07) is 1.71. The van der Waals surface area contributed by atoms with E-state index in [0.717, 1.165) is 4.47 Å². The van der Waals surface area contributed by atoms with Gasteiger partial charge in [0.15, 0.2) is 5.78 Å². The van der Waals surface area contributed by atoms with Gasteiger partial charge < -0.3 is 0 Å². The van der Waals surface area contributed by atoms with Gasteiger partial charge in [0.1, 0.15) is 0 Å². The highest BCUT2D eigenvalue weighted by Gasteiger charge is 2.08. The van der Waals surface area contributed by atoms with Crippen LogP contribution in [0.1, 0.15) is 30.1 Å². The highest BCUT2D eigenvalue weighted by molar-refractivity contribution is 9.10. The van der Waals surface area contributed by atoms with E-state index in [0.29, 0.717) is 18.4 Å². The van der Waals surface area contributed by atoms with Gasteiger partial charge in [-0.05, 0) is 28.9 Å². The first-order chi connectivity index (χ1) is 6.75. The first kappa shape index (κ1) is 10.9. The molecule has 0 amide bonds. The summed E-state index contributed by atoms with van der Waals surface area (Å²) < 4.78 is 0.745. The van der Waals surface area contributed by atoms with Gasteiger partial charge in [0.05, 0.1) is 0 Å². The molecule has 0 saturated carbocycles. The summed E-state index contributed by atoms with van der Waals surface area (Å²) in [6.07, 6.45) is 4.32. The van der Waals surface area contributed by atoms with Gasteiger partial charge in [-0.2, -0.15) is 0 Å². The summed E-state index contributed by atoms with van der Waals surface area (Å²) in [5, 5.41) is 0. The molecule has 0 aliphatic heterocycles. The maximum absolute atomic E-state index is 11.6. The van der Waals surface area contributed by atoms with Gasteiger partial charge >= 0.3 is 0 Å². The van der Waals surface area contributed by atoms with E-state index in [2.05, 4.69) is 32.8 Å². The Kier molecular flexibility index (Phi) is 4.34. The Morgan fingerprint density at radius 3 is 3.07 bits per heavy atom. The predicted octanol–water partition coefficient (Wildman–Crippen LogP) is 2.83. The summed E-state index contributed by atoms with van der Waals surface area (Å²) >= 11 is 3.29. The zero-order valence-corrected chi connectivity index (χ0v) is 9.47.